The topological polar surface area (TPSA) is 54.8 Å². The van der Waals surface area contributed by atoms with Crippen LogP contribution < -0.4 is 9.64 Å². The number of amides is 2. The highest BCUT2D eigenvalue weighted by Crippen LogP contribution is 2.42. The number of rotatable bonds is 7. The van der Waals surface area contributed by atoms with Crippen LogP contribution in [0.25, 0.3) is 11.8 Å². The summed E-state index contributed by atoms with van der Waals surface area (Å²) in [5.41, 5.74) is 4.60. The minimum atomic E-state index is -0.359. The van der Waals surface area contributed by atoms with Crippen LogP contribution in [0.4, 0.5) is 5.69 Å². The quantitative estimate of drug-likeness (QED) is 0.295. The molecule has 4 aromatic rings. The molecule has 38 heavy (non-hydrogen) atoms. The lowest BCUT2D eigenvalue weighted by Gasteiger charge is -2.40. The highest BCUT2D eigenvalue weighted by Gasteiger charge is 2.37. The van der Waals surface area contributed by atoms with Gasteiger partial charge in [-0.2, -0.15) is 0 Å². The molecule has 3 aromatic carbocycles. The zero-order chi connectivity index (χ0) is 26.6. The van der Waals surface area contributed by atoms with Gasteiger partial charge in [-0.15, -0.1) is 0 Å². The number of hydrogen-bond acceptors (Lipinski definition) is 3. The summed E-state index contributed by atoms with van der Waals surface area (Å²) in [6.07, 6.45) is 5.34. The van der Waals surface area contributed by atoms with Crippen molar-refractivity contribution >= 4 is 23.6 Å². The van der Waals surface area contributed by atoms with Crippen LogP contribution >= 0.6 is 0 Å². The summed E-state index contributed by atoms with van der Waals surface area (Å²) >= 11 is 0. The second-order valence-corrected chi connectivity index (χ2v) is 9.54. The summed E-state index contributed by atoms with van der Waals surface area (Å²) in [6.45, 7) is 3.81. The van der Waals surface area contributed by atoms with Crippen LogP contribution in [-0.4, -0.2) is 41.0 Å². The van der Waals surface area contributed by atoms with Crippen molar-refractivity contribution in [3.8, 4) is 11.4 Å². The first-order valence-electron chi connectivity index (χ1n) is 12.7. The maximum atomic E-state index is 14.2. The van der Waals surface area contributed by atoms with Crippen molar-refractivity contribution in [2.24, 2.45) is 0 Å². The third-order valence-electron chi connectivity index (χ3n) is 6.85. The highest BCUT2D eigenvalue weighted by atomic mass is 16.5. The minimum Gasteiger partial charge on any atom is -0.497 e. The number of benzene rings is 3. The van der Waals surface area contributed by atoms with Crippen molar-refractivity contribution in [3.63, 3.8) is 0 Å². The maximum absolute atomic E-state index is 14.2. The standard InChI is InChI=1S/C32H31N3O3/c1-23(2)34(30(36)20-15-24-10-5-4-6-11-24)22-31(37)35-28-13-8-7-12-27(28)33-21-9-14-29(33)32(35)25-16-18-26(38-3)19-17-25/h4-21,23,32H,22H2,1-3H3/b20-15+. The van der Waals surface area contributed by atoms with E-state index in [1.54, 1.807) is 24.2 Å². The molecular formula is C32H31N3O3. The van der Waals surface area contributed by atoms with E-state index in [0.29, 0.717) is 0 Å². The van der Waals surface area contributed by atoms with Crippen molar-refractivity contribution in [3.05, 3.63) is 120 Å². The van der Waals surface area contributed by atoms with Gasteiger partial charge in [0.25, 0.3) is 0 Å². The molecular weight excluding hydrogens is 474 g/mol. The summed E-state index contributed by atoms with van der Waals surface area (Å²) in [7, 11) is 1.64. The second kappa shape index (κ2) is 10.8. The molecule has 0 fully saturated rings. The molecule has 2 heterocycles. The van der Waals surface area contributed by atoms with Crippen LogP contribution in [0, 0.1) is 0 Å². The molecule has 0 aliphatic carbocycles. The largest absolute Gasteiger partial charge is 0.497 e. The number of para-hydroxylation sites is 2. The Kier molecular flexibility index (Phi) is 7.13. The molecule has 6 nitrogen and oxygen atoms in total. The molecule has 192 valence electrons. The molecule has 0 saturated carbocycles. The molecule has 1 atom stereocenters. The fraction of sp³-hybridized carbons (Fsp3) is 0.188. The van der Waals surface area contributed by atoms with E-state index in [1.165, 1.54) is 0 Å². The van der Waals surface area contributed by atoms with Gasteiger partial charge >= 0.3 is 0 Å². The molecule has 0 radical (unpaired) electrons. The van der Waals surface area contributed by atoms with Gasteiger partial charge in [-0.1, -0.05) is 54.6 Å². The summed E-state index contributed by atoms with van der Waals surface area (Å²) in [6, 6.07) is 28.9. The highest BCUT2D eigenvalue weighted by molar-refractivity contribution is 6.02. The number of ether oxygens (including phenoxy) is 1. The second-order valence-electron chi connectivity index (χ2n) is 9.54. The average Bonchev–Trinajstić information content (AvgIpc) is 3.44. The van der Waals surface area contributed by atoms with Gasteiger partial charge in [0.2, 0.25) is 11.8 Å². The Morgan fingerprint density at radius 1 is 0.895 bits per heavy atom. The van der Waals surface area contributed by atoms with Crippen molar-refractivity contribution in [2.75, 3.05) is 18.6 Å². The Balaban J connectivity index is 1.51. The van der Waals surface area contributed by atoms with E-state index in [-0.39, 0.29) is 30.4 Å². The lowest BCUT2D eigenvalue weighted by atomic mass is 9.97. The van der Waals surface area contributed by atoms with Crippen LogP contribution in [0.2, 0.25) is 0 Å². The SMILES string of the molecule is COc1ccc(C2c3cccn3-c3ccccc3N2C(=O)CN(C(=O)/C=C/c2ccccc2)C(C)C)cc1. The normalized spacial score (nSPS) is 14.3. The monoisotopic (exact) mass is 505 g/mol. The number of fused-ring (bicyclic) bond motifs is 3. The lowest BCUT2D eigenvalue weighted by molar-refractivity contribution is -0.133. The number of hydrogen-bond donors (Lipinski definition) is 0. The molecule has 0 bridgehead atoms. The lowest BCUT2D eigenvalue weighted by Crippen LogP contribution is -2.48. The number of carbonyl (C=O) groups is 2. The number of anilines is 1. The Hall–Kier alpha value is -4.58. The van der Waals surface area contributed by atoms with Crippen LogP contribution in [0.15, 0.2) is 103 Å². The first-order valence-corrected chi connectivity index (χ1v) is 12.7. The third-order valence-corrected chi connectivity index (χ3v) is 6.85. The van der Waals surface area contributed by atoms with Crippen LogP contribution in [-0.2, 0) is 9.59 Å². The Labute approximate surface area is 223 Å². The number of methoxy groups -OCH3 is 1. The molecule has 1 aromatic heterocycles. The summed E-state index contributed by atoms with van der Waals surface area (Å²) in [4.78, 5) is 30.9. The molecule has 1 unspecified atom stereocenters. The van der Waals surface area contributed by atoms with E-state index < -0.39 is 0 Å². The molecule has 2 amide bonds. The van der Waals surface area contributed by atoms with E-state index >= 15 is 0 Å². The number of nitrogens with zero attached hydrogens (tertiary/aromatic N) is 3. The molecule has 5 rings (SSSR count). The van der Waals surface area contributed by atoms with Gasteiger partial charge in [0, 0.05) is 18.3 Å². The predicted octanol–water partition coefficient (Wildman–Crippen LogP) is 5.87. The molecule has 0 saturated heterocycles. The van der Waals surface area contributed by atoms with Crippen molar-refractivity contribution < 1.29 is 14.3 Å². The van der Waals surface area contributed by atoms with Gasteiger partial charge in [-0.3, -0.25) is 14.5 Å². The maximum Gasteiger partial charge on any atom is 0.247 e. The first-order chi connectivity index (χ1) is 18.5. The smallest absolute Gasteiger partial charge is 0.247 e. The van der Waals surface area contributed by atoms with E-state index in [0.717, 1.165) is 33.9 Å². The van der Waals surface area contributed by atoms with Crippen molar-refractivity contribution in [1.82, 2.24) is 9.47 Å². The molecule has 1 aliphatic rings. The molecule has 0 N–H and O–H groups in total. The first kappa shape index (κ1) is 25.1. The van der Waals surface area contributed by atoms with Gasteiger partial charge < -0.3 is 14.2 Å². The van der Waals surface area contributed by atoms with Gasteiger partial charge in [-0.05, 0) is 67.4 Å². The van der Waals surface area contributed by atoms with Crippen molar-refractivity contribution in [1.29, 1.82) is 0 Å². The van der Waals surface area contributed by atoms with Crippen LogP contribution in [0.1, 0.15) is 36.7 Å². The predicted molar refractivity (Wildman–Crippen MR) is 150 cm³/mol. The minimum absolute atomic E-state index is 0.0443. The van der Waals surface area contributed by atoms with Crippen LogP contribution in [0.3, 0.4) is 0 Å². The van der Waals surface area contributed by atoms with Gasteiger partial charge in [-0.25, -0.2) is 0 Å². The fourth-order valence-electron chi connectivity index (χ4n) is 4.93. The van der Waals surface area contributed by atoms with Gasteiger partial charge in [0.1, 0.15) is 18.3 Å². The fourth-order valence-corrected chi connectivity index (χ4v) is 4.93. The number of carbonyl (C=O) groups excluding carboxylic acids is 2. The Morgan fingerprint density at radius 2 is 1.58 bits per heavy atom. The van der Waals surface area contributed by atoms with E-state index in [1.807, 2.05) is 116 Å². The zero-order valence-corrected chi connectivity index (χ0v) is 21.8. The zero-order valence-electron chi connectivity index (χ0n) is 21.8. The van der Waals surface area contributed by atoms with E-state index in [2.05, 4.69) is 4.57 Å². The summed E-state index contributed by atoms with van der Waals surface area (Å²) in [5.74, 6) is 0.396. The Morgan fingerprint density at radius 3 is 2.26 bits per heavy atom. The molecule has 0 spiro atoms. The van der Waals surface area contributed by atoms with E-state index in [4.69, 9.17) is 4.74 Å². The molecule has 6 heteroatoms. The average molecular weight is 506 g/mol. The third kappa shape index (κ3) is 4.85. The van der Waals surface area contributed by atoms with Gasteiger partial charge in [0.05, 0.1) is 24.2 Å². The summed E-state index contributed by atoms with van der Waals surface area (Å²) in [5, 5.41) is 0. The van der Waals surface area contributed by atoms with Crippen LogP contribution in [0.5, 0.6) is 5.75 Å². The Bertz CT molecular complexity index is 1450. The van der Waals surface area contributed by atoms with Gasteiger partial charge in [0.15, 0.2) is 0 Å². The molecule has 1 aliphatic heterocycles. The number of aromatic nitrogens is 1. The summed E-state index contributed by atoms with van der Waals surface area (Å²) < 4.78 is 7.49. The van der Waals surface area contributed by atoms with Crippen molar-refractivity contribution in [2.45, 2.75) is 25.9 Å². The van der Waals surface area contributed by atoms with E-state index in [9.17, 15) is 9.59 Å².